The standard InChI is InChI=1S/C16H15N5O2S/c1-9-13(15(22)21(20-9)16(19)24)14(11(7-17)8-18)10-3-5-12(23-2)6-4-10/h3-6,11,14,20H,1-2H3,(H2,19,24)/t14-/m0/s1. The van der Waals surface area contributed by atoms with Crippen molar-refractivity contribution in [3.05, 3.63) is 51.4 Å². The number of nitriles is 2. The number of aryl methyl sites for hydroxylation is 1. The van der Waals surface area contributed by atoms with Gasteiger partial charge in [0.25, 0.3) is 5.56 Å². The van der Waals surface area contributed by atoms with Gasteiger partial charge < -0.3 is 10.5 Å². The number of benzene rings is 1. The van der Waals surface area contributed by atoms with Crippen molar-refractivity contribution in [2.45, 2.75) is 12.8 Å². The van der Waals surface area contributed by atoms with Gasteiger partial charge in [0.1, 0.15) is 11.7 Å². The summed E-state index contributed by atoms with van der Waals surface area (Å²) < 4.78 is 6.15. The molecule has 2 aromatic rings. The van der Waals surface area contributed by atoms with Crippen LogP contribution in [-0.4, -0.2) is 22.0 Å². The minimum atomic E-state index is -1.04. The Morgan fingerprint density at radius 3 is 2.33 bits per heavy atom. The number of aromatic nitrogens is 2. The first kappa shape index (κ1) is 17.3. The summed E-state index contributed by atoms with van der Waals surface area (Å²) in [7, 11) is 1.54. The van der Waals surface area contributed by atoms with Gasteiger partial charge in [-0.25, -0.2) is 0 Å². The zero-order chi connectivity index (χ0) is 17.9. The van der Waals surface area contributed by atoms with Gasteiger partial charge in [0.2, 0.25) is 0 Å². The Morgan fingerprint density at radius 1 is 1.33 bits per heavy atom. The lowest BCUT2D eigenvalue weighted by Crippen LogP contribution is -2.32. The molecule has 122 valence electrons. The van der Waals surface area contributed by atoms with E-state index in [1.165, 1.54) is 7.11 Å². The average molecular weight is 341 g/mol. The first-order valence-corrected chi connectivity index (χ1v) is 7.39. The van der Waals surface area contributed by atoms with Gasteiger partial charge >= 0.3 is 0 Å². The van der Waals surface area contributed by atoms with E-state index in [9.17, 15) is 15.3 Å². The van der Waals surface area contributed by atoms with E-state index in [1.807, 2.05) is 12.1 Å². The van der Waals surface area contributed by atoms with Crippen LogP contribution in [0.5, 0.6) is 5.75 Å². The number of rotatable bonds is 4. The highest BCUT2D eigenvalue weighted by molar-refractivity contribution is 7.80. The summed E-state index contributed by atoms with van der Waals surface area (Å²) in [5.41, 5.74) is 6.52. The molecule has 3 N–H and O–H groups in total. The third-order valence-corrected chi connectivity index (χ3v) is 3.92. The maximum atomic E-state index is 12.6. The molecular weight excluding hydrogens is 326 g/mol. The number of H-pyrrole nitrogens is 1. The summed E-state index contributed by atoms with van der Waals surface area (Å²) in [5.74, 6) is -1.14. The second-order valence-corrected chi connectivity index (χ2v) is 5.53. The lowest BCUT2D eigenvalue weighted by molar-refractivity contribution is 0.414. The molecule has 2 rings (SSSR count). The number of aromatic amines is 1. The Balaban J connectivity index is 2.69. The van der Waals surface area contributed by atoms with Gasteiger partial charge in [-0.3, -0.25) is 9.89 Å². The molecule has 7 nitrogen and oxygen atoms in total. The lowest BCUT2D eigenvalue weighted by Gasteiger charge is -2.17. The molecule has 0 saturated carbocycles. The SMILES string of the molecule is COc1ccc([C@H](c2c(C)[nH]n(C(N)=S)c2=O)C(C#N)C#N)cc1. The topological polar surface area (TPSA) is 121 Å². The maximum absolute atomic E-state index is 12.6. The Bertz CT molecular complexity index is 885. The van der Waals surface area contributed by atoms with Crippen molar-refractivity contribution in [3.63, 3.8) is 0 Å². The number of nitrogens with zero attached hydrogens (tertiary/aromatic N) is 3. The van der Waals surface area contributed by atoms with Crippen LogP contribution in [0.1, 0.15) is 22.7 Å². The van der Waals surface area contributed by atoms with Crippen LogP contribution in [0.3, 0.4) is 0 Å². The van der Waals surface area contributed by atoms with Gasteiger partial charge in [0.05, 0.1) is 19.2 Å². The molecule has 0 unspecified atom stereocenters. The molecule has 24 heavy (non-hydrogen) atoms. The molecule has 0 radical (unpaired) electrons. The fourth-order valence-corrected chi connectivity index (χ4v) is 2.72. The van der Waals surface area contributed by atoms with Crippen LogP contribution in [0.25, 0.3) is 0 Å². The van der Waals surface area contributed by atoms with Crippen LogP contribution < -0.4 is 16.0 Å². The van der Waals surface area contributed by atoms with Gasteiger partial charge in [-0.1, -0.05) is 12.1 Å². The van der Waals surface area contributed by atoms with E-state index < -0.39 is 17.4 Å². The highest BCUT2D eigenvalue weighted by atomic mass is 32.1. The highest BCUT2D eigenvalue weighted by Gasteiger charge is 2.31. The van der Waals surface area contributed by atoms with E-state index in [-0.39, 0.29) is 5.11 Å². The van der Waals surface area contributed by atoms with Crippen LogP contribution in [0.4, 0.5) is 0 Å². The summed E-state index contributed by atoms with van der Waals surface area (Å²) in [4.78, 5) is 12.6. The normalized spacial score (nSPS) is 11.5. The van der Waals surface area contributed by atoms with Crippen LogP contribution in [-0.2, 0) is 0 Å². The molecule has 1 aromatic heterocycles. The first-order valence-electron chi connectivity index (χ1n) is 6.99. The molecule has 0 aliphatic carbocycles. The van der Waals surface area contributed by atoms with Gasteiger partial charge in [-0.05, 0) is 36.8 Å². The van der Waals surface area contributed by atoms with E-state index in [0.29, 0.717) is 22.6 Å². The zero-order valence-corrected chi connectivity index (χ0v) is 13.9. The molecule has 0 aliphatic rings. The first-order chi connectivity index (χ1) is 11.4. The van der Waals surface area contributed by atoms with E-state index >= 15 is 0 Å². The third-order valence-electron chi connectivity index (χ3n) is 3.73. The Hall–Kier alpha value is -3.10. The molecule has 1 aromatic carbocycles. The van der Waals surface area contributed by atoms with Crippen molar-refractivity contribution in [2.75, 3.05) is 7.11 Å². The van der Waals surface area contributed by atoms with Gasteiger partial charge in [-0.2, -0.15) is 15.2 Å². The molecule has 0 fully saturated rings. The van der Waals surface area contributed by atoms with E-state index in [1.54, 1.807) is 31.2 Å². The van der Waals surface area contributed by atoms with Crippen molar-refractivity contribution in [1.29, 1.82) is 10.5 Å². The smallest absolute Gasteiger partial charge is 0.277 e. The largest absolute Gasteiger partial charge is 0.497 e. The van der Waals surface area contributed by atoms with Crippen molar-refractivity contribution >= 4 is 17.3 Å². The van der Waals surface area contributed by atoms with Gasteiger partial charge in [0.15, 0.2) is 5.11 Å². The molecule has 0 amide bonds. The quantitative estimate of drug-likeness (QED) is 0.811. The van der Waals surface area contributed by atoms with E-state index in [2.05, 4.69) is 5.10 Å². The summed E-state index contributed by atoms with van der Waals surface area (Å²) in [6, 6.07) is 10.8. The molecule has 0 spiro atoms. The van der Waals surface area contributed by atoms with Crippen molar-refractivity contribution in [3.8, 4) is 17.9 Å². The number of methoxy groups -OCH3 is 1. The second-order valence-electron chi connectivity index (χ2n) is 5.12. The van der Waals surface area contributed by atoms with Crippen molar-refractivity contribution in [2.24, 2.45) is 11.7 Å². The summed E-state index contributed by atoms with van der Waals surface area (Å²) in [6.07, 6.45) is 0. The van der Waals surface area contributed by atoms with Crippen LogP contribution in [0.15, 0.2) is 29.1 Å². The minimum absolute atomic E-state index is 0.131. The summed E-state index contributed by atoms with van der Waals surface area (Å²) in [6.45, 7) is 1.67. The number of nitrogens with two attached hydrogens (primary N) is 1. The fraction of sp³-hybridized carbons (Fsp3) is 0.250. The molecular formula is C16H15N5O2S. The fourth-order valence-electron chi connectivity index (χ4n) is 2.60. The second kappa shape index (κ2) is 6.99. The molecule has 0 bridgehead atoms. The van der Waals surface area contributed by atoms with Crippen LogP contribution in [0, 0.1) is 35.5 Å². The van der Waals surface area contributed by atoms with Crippen LogP contribution in [0.2, 0.25) is 0 Å². The van der Waals surface area contributed by atoms with Crippen molar-refractivity contribution < 1.29 is 4.74 Å². The molecule has 8 heteroatoms. The summed E-state index contributed by atoms with van der Waals surface area (Å²) in [5, 5.41) is 21.4. The molecule has 1 atom stereocenters. The van der Waals surface area contributed by atoms with Crippen molar-refractivity contribution in [1.82, 2.24) is 9.78 Å². The number of hydrogen-bond acceptors (Lipinski definition) is 5. The zero-order valence-electron chi connectivity index (χ0n) is 13.1. The van der Waals surface area contributed by atoms with E-state index in [0.717, 1.165) is 4.68 Å². The van der Waals surface area contributed by atoms with E-state index in [4.69, 9.17) is 22.7 Å². The third kappa shape index (κ3) is 3.00. The molecule has 1 heterocycles. The number of hydrogen-bond donors (Lipinski definition) is 2. The van der Waals surface area contributed by atoms with Gasteiger partial charge in [-0.15, -0.1) is 0 Å². The number of nitrogens with one attached hydrogen (secondary N) is 1. The Labute approximate surface area is 143 Å². The maximum Gasteiger partial charge on any atom is 0.277 e. The average Bonchev–Trinajstić information content (AvgIpc) is 2.88. The highest BCUT2D eigenvalue weighted by Crippen LogP contribution is 2.32. The van der Waals surface area contributed by atoms with Crippen LogP contribution >= 0.6 is 12.2 Å². The lowest BCUT2D eigenvalue weighted by atomic mass is 9.82. The predicted octanol–water partition coefficient (Wildman–Crippen LogP) is 1.38. The Kier molecular flexibility index (Phi) is 5.02. The molecule has 0 aliphatic heterocycles. The minimum Gasteiger partial charge on any atom is -0.497 e. The molecule has 0 saturated heterocycles. The predicted molar refractivity (Wildman–Crippen MR) is 91.5 cm³/mol. The number of ether oxygens (including phenoxy) is 1. The monoisotopic (exact) mass is 341 g/mol. The summed E-state index contributed by atoms with van der Waals surface area (Å²) >= 11 is 4.84. The van der Waals surface area contributed by atoms with Gasteiger partial charge in [0, 0.05) is 17.2 Å². The Morgan fingerprint density at radius 2 is 1.92 bits per heavy atom. The number of thiocarbonyl (C=S) groups is 1.